The Balaban J connectivity index is 1.78. The Labute approximate surface area is 180 Å². The summed E-state index contributed by atoms with van der Waals surface area (Å²) in [4.78, 5) is 4.38. The molecule has 3 aromatic rings. The molecule has 3 aromatic carbocycles. The third-order valence-electron chi connectivity index (χ3n) is 5.24. The van der Waals surface area contributed by atoms with E-state index in [0.29, 0.717) is 29.2 Å². The number of rotatable bonds is 5. The lowest BCUT2D eigenvalue weighted by Crippen LogP contribution is -2.17. The van der Waals surface area contributed by atoms with Crippen molar-refractivity contribution >= 4 is 23.1 Å². The van der Waals surface area contributed by atoms with E-state index in [-0.39, 0.29) is 0 Å². The van der Waals surface area contributed by atoms with Crippen molar-refractivity contribution in [3.8, 4) is 23.3 Å². The lowest BCUT2D eigenvalue weighted by Gasteiger charge is -2.31. The Morgan fingerprint density at radius 1 is 0.933 bits per heavy atom. The van der Waals surface area contributed by atoms with Crippen LogP contribution in [-0.2, 0) is 6.42 Å². The Bertz CT molecular complexity index is 1130. The van der Waals surface area contributed by atoms with E-state index in [9.17, 15) is 5.26 Å². The summed E-state index contributed by atoms with van der Waals surface area (Å²) in [6.45, 7) is 0. The van der Waals surface area contributed by atoms with Crippen molar-refractivity contribution in [3.05, 3.63) is 65.2 Å². The van der Waals surface area contributed by atoms with Crippen LogP contribution in [0.2, 0.25) is 0 Å². The van der Waals surface area contributed by atoms with Crippen LogP contribution < -0.4 is 19.1 Å². The highest BCUT2D eigenvalue weighted by Gasteiger charge is 2.25. The molecule has 0 radical (unpaired) electrons. The van der Waals surface area contributed by atoms with Gasteiger partial charge in [0.05, 0.1) is 38.3 Å². The molecule has 0 amide bonds. The van der Waals surface area contributed by atoms with Gasteiger partial charge < -0.3 is 19.1 Å². The topological polar surface area (TPSA) is 54.7 Å². The third-order valence-corrected chi connectivity index (χ3v) is 6.35. The van der Waals surface area contributed by atoms with E-state index in [1.165, 1.54) is 4.90 Å². The first-order valence-corrected chi connectivity index (χ1v) is 10.3. The molecule has 0 fully saturated rings. The highest BCUT2D eigenvalue weighted by Crippen LogP contribution is 2.49. The molecular weight excluding hydrogens is 396 g/mol. The number of anilines is 2. The SMILES string of the molecule is COc1cc(Cc2ccc3c(c2C#N)N(C)c2ccccc2S3)cc(OC)c1OC. The second-order valence-corrected chi connectivity index (χ2v) is 7.98. The zero-order chi connectivity index (χ0) is 21.3. The standard InChI is InChI=1S/C24H22N2O3S/c1-26-18-7-5-6-8-21(18)30-22-10-9-16(17(14-25)23(22)26)11-15-12-19(27-2)24(29-4)20(13-15)28-3/h5-10,12-13H,11H2,1-4H3. The van der Waals surface area contributed by atoms with Gasteiger partial charge >= 0.3 is 0 Å². The lowest BCUT2D eigenvalue weighted by atomic mass is 9.97. The maximum Gasteiger partial charge on any atom is 0.203 e. The summed E-state index contributed by atoms with van der Waals surface area (Å²) >= 11 is 1.70. The summed E-state index contributed by atoms with van der Waals surface area (Å²) in [5.41, 5.74) is 4.68. The predicted octanol–water partition coefficient (Wildman–Crippen LogP) is 5.41. The average Bonchev–Trinajstić information content (AvgIpc) is 2.78. The second kappa shape index (κ2) is 8.21. The monoisotopic (exact) mass is 418 g/mol. The molecule has 0 aliphatic carbocycles. The first-order chi connectivity index (χ1) is 14.6. The van der Waals surface area contributed by atoms with Crippen molar-refractivity contribution in [2.24, 2.45) is 0 Å². The van der Waals surface area contributed by atoms with Gasteiger partial charge in [0, 0.05) is 16.8 Å². The number of methoxy groups -OCH3 is 3. The minimum atomic E-state index is 0.558. The van der Waals surface area contributed by atoms with Gasteiger partial charge in [0.15, 0.2) is 11.5 Å². The van der Waals surface area contributed by atoms with Gasteiger partial charge in [-0.05, 0) is 47.9 Å². The van der Waals surface area contributed by atoms with Crippen molar-refractivity contribution < 1.29 is 14.2 Å². The molecule has 6 heteroatoms. The molecule has 5 nitrogen and oxygen atoms in total. The van der Waals surface area contributed by atoms with E-state index in [0.717, 1.165) is 27.4 Å². The van der Waals surface area contributed by atoms with E-state index in [4.69, 9.17) is 14.2 Å². The molecule has 30 heavy (non-hydrogen) atoms. The fraction of sp³-hybridized carbons (Fsp3) is 0.208. The van der Waals surface area contributed by atoms with E-state index in [1.807, 2.05) is 37.4 Å². The van der Waals surface area contributed by atoms with E-state index in [1.54, 1.807) is 33.1 Å². The van der Waals surface area contributed by atoms with Crippen LogP contribution in [0.4, 0.5) is 11.4 Å². The molecule has 0 atom stereocenters. The highest BCUT2D eigenvalue weighted by molar-refractivity contribution is 7.99. The average molecular weight is 419 g/mol. The van der Waals surface area contributed by atoms with Crippen LogP contribution in [0.1, 0.15) is 16.7 Å². The maximum absolute atomic E-state index is 10.0. The molecule has 0 saturated carbocycles. The van der Waals surface area contributed by atoms with E-state index in [2.05, 4.69) is 29.2 Å². The first-order valence-electron chi connectivity index (χ1n) is 9.46. The number of fused-ring (bicyclic) bond motifs is 2. The molecule has 1 heterocycles. The summed E-state index contributed by atoms with van der Waals surface area (Å²) in [6.07, 6.45) is 0.576. The third kappa shape index (κ3) is 3.31. The number of ether oxygens (including phenoxy) is 3. The van der Waals surface area contributed by atoms with Gasteiger partial charge in [0.1, 0.15) is 6.07 Å². The number of hydrogen-bond acceptors (Lipinski definition) is 6. The summed E-state index contributed by atoms with van der Waals surface area (Å²) in [5, 5.41) is 10.0. The van der Waals surface area contributed by atoms with E-state index >= 15 is 0 Å². The van der Waals surface area contributed by atoms with Gasteiger partial charge in [0.25, 0.3) is 0 Å². The maximum atomic E-state index is 10.0. The van der Waals surface area contributed by atoms with Gasteiger partial charge in [-0.2, -0.15) is 5.26 Å². The predicted molar refractivity (Wildman–Crippen MR) is 119 cm³/mol. The summed E-state index contributed by atoms with van der Waals surface area (Å²) in [6, 6.07) is 18.7. The van der Waals surface area contributed by atoms with Crippen molar-refractivity contribution in [2.75, 3.05) is 33.3 Å². The van der Waals surface area contributed by atoms with Crippen molar-refractivity contribution in [1.29, 1.82) is 5.26 Å². The number of nitriles is 1. The lowest BCUT2D eigenvalue weighted by molar-refractivity contribution is 0.324. The van der Waals surface area contributed by atoms with Crippen molar-refractivity contribution in [1.82, 2.24) is 0 Å². The molecule has 0 spiro atoms. The molecule has 1 aliphatic rings. The van der Waals surface area contributed by atoms with Gasteiger partial charge in [-0.1, -0.05) is 30.0 Å². The van der Waals surface area contributed by atoms with Crippen molar-refractivity contribution in [3.63, 3.8) is 0 Å². The number of benzene rings is 3. The summed E-state index contributed by atoms with van der Waals surface area (Å²) < 4.78 is 16.4. The molecule has 0 saturated heterocycles. The molecule has 0 aromatic heterocycles. The summed E-state index contributed by atoms with van der Waals surface area (Å²) in [7, 11) is 6.80. The minimum Gasteiger partial charge on any atom is -0.493 e. The Morgan fingerprint density at radius 2 is 1.63 bits per heavy atom. The molecule has 1 aliphatic heterocycles. The van der Waals surface area contributed by atoms with Gasteiger partial charge in [0.2, 0.25) is 5.75 Å². The van der Waals surface area contributed by atoms with Gasteiger partial charge in [-0.25, -0.2) is 0 Å². The van der Waals surface area contributed by atoms with Crippen LogP contribution in [0.25, 0.3) is 0 Å². The summed E-state index contributed by atoms with van der Waals surface area (Å²) in [5.74, 6) is 1.76. The van der Waals surface area contributed by atoms with Crippen LogP contribution >= 0.6 is 11.8 Å². The largest absolute Gasteiger partial charge is 0.493 e. The van der Waals surface area contributed by atoms with Gasteiger partial charge in [-0.15, -0.1) is 0 Å². The van der Waals surface area contributed by atoms with Crippen molar-refractivity contribution in [2.45, 2.75) is 16.2 Å². The van der Waals surface area contributed by atoms with E-state index < -0.39 is 0 Å². The molecular formula is C24H22N2O3S. The minimum absolute atomic E-state index is 0.558. The molecule has 4 rings (SSSR count). The van der Waals surface area contributed by atoms with Crippen LogP contribution in [0.3, 0.4) is 0 Å². The number of nitrogens with zero attached hydrogens (tertiary/aromatic N) is 2. The number of para-hydroxylation sites is 1. The van der Waals surface area contributed by atoms with Crippen LogP contribution in [0, 0.1) is 11.3 Å². The van der Waals surface area contributed by atoms with Crippen LogP contribution in [-0.4, -0.2) is 28.4 Å². The zero-order valence-electron chi connectivity index (χ0n) is 17.4. The fourth-order valence-electron chi connectivity index (χ4n) is 3.82. The molecule has 0 bridgehead atoms. The Hall–Kier alpha value is -3.30. The smallest absolute Gasteiger partial charge is 0.203 e. The Kier molecular flexibility index (Phi) is 5.47. The quantitative estimate of drug-likeness (QED) is 0.552. The van der Waals surface area contributed by atoms with Crippen LogP contribution in [0.5, 0.6) is 17.2 Å². The van der Waals surface area contributed by atoms with Crippen LogP contribution in [0.15, 0.2) is 58.3 Å². The second-order valence-electron chi connectivity index (χ2n) is 6.90. The Morgan fingerprint density at radius 3 is 2.27 bits per heavy atom. The molecule has 0 N–H and O–H groups in total. The molecule has 152 valence electrons. The molecule has 0 unspecified atom stereocenters. The van der Waals surface area contributed by atoms with Gasteiger partial charge in [-0.3, -0.25) is 0 Å². The first kappa shape index (κ1) is 20.0. The zero-order valence-corrected chi connectivity index (χ0v) is 18.2. The fourth-order valence-corrected chi connectivity index (χ4v) is 4.98. The highest BCUT2D eigenvalue weighted by atomic mass is 32.2. The number of hydrogen-bond donors (Lipinski definition) is 0. The normalized spacial score (nSPS) is 11.9.